The predicted octanol–water partition coefficient (Wildman–Crippen LogP) is 5.96. The molecule has 0 saturated heterocycles. The number of hydrogen-bond donors (Lipinski definition) is 1. The highest BCUT2D eigenvalue weighted by atomic mass is 32.1. The predicted molar refractivity (Wildman–Crippen MR) is 113 cm³/mol. The minimum atomic E-state index is -4.39. The molecule has 0 amide bonds. The average molecular weight is 436 g/mol. The quantitative estimate of drug-likeness (QED) is 0.451. The lowest BCUT2D eigenvalue weighted by atomic mass is 9.97. The normalized spacial score (nSPS) is 12.6. The van der Waals surface area contributed by atoms with Crippen LogP contribution in [0.25, 0.3) is 0 Å². The van der Waals surface area contributed by atoms with Crippen LogP contribution in [0.15, 0.2) is 47.8 Å². The van der Waals surface area contributed by atoms with Crippen molar-refractivity contribution in [2.45, 2.75) is 38.3 Å². The Morgan fingerprint density at radius 1 is 1.10 bits per heavy atom. The van der Waals surface area contributed by atoms with E-state index < -0.39 is 11.9 Å². The molecule has 0 fully saturated rings. The van der Waals surface area contributed by atoms with Crippen molar-refractivity contribution in [2.75, 3.05) is 19.0 Å². The summed E-state index contributed by atoms with van der Waals surface area (Å²) in [6.07, 6.45) is -2.33. The van der Waals surface area contributed by atoms with Crippen LogP contribution in [-0.4, -0.2) is 23.6 Å². The molecule has 0 radical (unpaired) electrons. The van der Waals surface area contributed by atoms with Gasteiger partial charge in [0.2, 0.25) is 0 Å². The first-order chi connectivity index (χ1) is 14.4. The van der Waals surface area contributed by atoms with Crippen molar-refractivity contribution >= 4 is 17.2 Å². The first-order valence-electron chi connectivity index (χ1n) is 9.77. The van der Waals surface area contributed by atoms with Crippen LogP contribution < -0.4 is 10.1 Å². The Hall–Kier alpha value is -2.61. The van der Waals surface area contributed by atoms with Gasteiger partial charge in [0.05, 0.1) is 11.6 Å². The zero-order valence-electron chi connectivity index (χ0n) is 16.9. The van der Waals surface area contributed by atoms with Crippen LogP contribution in [-0.2, 0) is 19.0 Å². The fraction of sp³-hybridized carbons (Fsp3) is 0.364. The molecule has 2 aromatic heterocycles. The van der Waals surface area contributed by atoms with Crippen LogP contribution in [0.5, 0.6) is 5.75 Å². The Kier molecular flexibility index (Phi) is 7.31. The Morgan fingerprint density at radius 2 is 1.87 bits per heavy atom. The highest BCUT2D eigenvalue weighted by Crippen LogP contribution is 2.34. The number of thiazole rings is 1. The molecule has 0 saturated carbocycles. The maximum Gasteiger partial charge on any atom is 0.434 e. The van der Waals surface area contributed by atoms with Crippen molar-refractivity contribution in [3.63, 3.8) is 0 Å². The van der Waals surface area contributed by atoms with Crippen LogP contribution in [0.3, 0.4) is 0 Å². The van der Waals surface area contributed by atoms with E-state index in [1.54, 1.807) is 0 Å². The standard InChI is InChI=1S/C22H24F3N3OS/c1-3-16(21-28-19(14-30-21)22(23,24)25)13-15-7-9-18(10-8-15)29-12-11-17-5-4-6-20(26-2)27-17/h4-10,14,16H,3,11-13H2,1-2H3,(H,26,27). The van der Waals surface area contributed by atoms with Gasteiger partial charge < -0.3 is 10.1 Å². The van der Waals surface area contributed by atoms with E-state index in [2.05, 4.69) is 15.3 Å². The smallest absolute Gasteiger partial charge is 0.434 e. The van der Waals surface area contributed by atoms with Gasteiger partial charge in [-0.25, -0.2) is 9.97 Å². The number of nitrogens with zero attached hydrogens (tertiary/aromatic N) is 2. The molecule has 0 spiro atoms. The zero-order chi connectivity index (χ0) is 21.6. The Bertz CT molecular complexity index is 941. The third-order valence-electron chi connectivity index (χ3n) is 4.75. The molecule has 1 aromatic carbocycles. The van der Waals surface area contributed by atoms with E-state index in [1.165, 1.54) is 0 Å². The zero-order valence-corrected chi connectivity index (χ0v) is 17.7. The molecular formula is C22H24F3N3OS. The first-order valence-corrected chi connectivity index (χ1v) is 10.6. The monoisotopic (exact) mass is 435 g/mol. The topological polar surface area (TPSA) is 47.0 Å². The summed E-state index contributed by atoms with van der Waals surface area (Å²) in [7, 11) is 1.83. The average Bonchev–Trinajstić information content (AvgIpc) is 3.24. The van der Waals surface area contributed by atoms with Crippen LogP contribution in [0, 0.1) is 0 Å². The van der Waals surface area contributed by atoms with Crippen LogP contribution in [0.4, 0.5) is 19.0 Å². The highest BCUT2D eigenvalue weighted by molar-refractivity contribution is 7.09. The lowest BCUT2D eigenvalue weighted by Gasteiger charge is -2.13. The van der Waals surface area contributed by atoms with Gasteiger partial charge >= 0.3 is 6.18 Å². The molecule has 2 heterocycles. The van der Waals surface area contributed by atoms with Crippen LogP contribution in [0.2, 0.25) is 0 Å². The SMILES string of the molecule is CCC(Cc1ccc(OCCc2cccc(NC)n2)cc1)c1nc(C(F)(F)F)cs1. The van der Waals surface area contributed by atoms with Gasteiger partial charge in [0.25, 0.3) is 0 Å². The van der Waals surface area contributed by atoms with Crippen molar-refractivity contribution in [2.24, 2.45) is 0 Å². The summed E-state index contributed by atoms with van der Waals surface area (Å²) in [6, 6.07) is 13.5. The molecule has 4 nitrogen and oxygen atoms in total. The molecule has 3 aromatic rings. The van der Waals surface area contributed by atoms with Crippen molar-refractivity contribution in [3.05, 3.63) is 69.8 Å². The molecule has 1 N–H and O–H groups in total. The third kappa shape index (κ3) is 5.95. The van der Waals surface area contributed by atoms with E-state index in [-0.39, 0.29) is 5.92 Å². The minimum Gasteiger partial charge on any atom is -0.493 e. The number of benzene rings is 1. The molecule has 3 rings (SSSR count). The molecule has 1 atom stereocenters. The van der Waals surface area contributed by atoms with Crippen molar-refractivity contribution in [3.8, 4) is 5.75 Å². The number of anilines is 1. The Labute approximate surface area is 178 Å². The number of rotatable bonds is 9. The van der Waals surface area contributed by atoms with Crippen molar-refractivity contribution < 1.29 is 17.9 Å². The van der Waals surface area contributed by atoms with Crippen molar-refractivity contribution in [1.82, 2.24) is 9.97 Å². The molecule has 160 valence electrons. The summed E-state index contributed by atoms with van der Waals surface area (Å²) in [5, 5.41) is 4.63. The van der Waals surface area contributed by atoms with Gasteiger partial charge in [0.1, 0.15) is 11.6 Å². The summed E-state index contributed by atoms with van der Waals surface area (Å²) >= 11 is 1.08. The lowest BCUT2D eigenvalue weighted by Crippen LogP contribution is -2.07. The second-order valence-corrected chi connectivity index (χ2v) is 7.77. The van der Waals surface area contributed by atoms with Gasteiger partial charge in [-0.15, -0.1) is 11.3 Å². The van der Waals surface area contributed by atoms with E-state index in [1.807, 2.05) is 56.4 Å². The molecule has 0 aliphatic heterocycles. The molecule has 0 aliphatic rings. The Morgan fingerprint density at radius 3 is 2.50 bits per heavy atom. The van der Waals surface area contributed by atoms with Crippen LogP contribution in [0.1, 0.15) is 41.2 Å². The third-order valence-corrected chi connectivity index (χ3v) is 5.76. The number of pyridine rings is 1. The number of halogens is 3. The minimum absolute atomic E-state index is 0.0385. The first kappa shape index (κ1) is 22.1. The van der Waals surface area contributed by atoms with Gasteiger partial charge in [-0.05, 0) is 42.7 Å². The van der Waals surface area contributed by atoms with E-state index in [9.17, 15) is 13.2 Å². The van der Waals surface area contributed by atoms with Gasteiger partial charge in [0, 0.05) is 30.5 Å². The van der Waals surface area contributed by atoms with Gasteiger partial charge in [-0.1, -0.05) is 25.1 Å². The number of nitrogens with one attached hydrogen (secondary N) is 1. The molecule has 0 aliphatic carbocycles. The number of alkyl halides is 3. The van der Waals surface area contributed by atoms with Gasteiger partial charge in [-0.2, -0.15) is 13.2 Å². The molecule has 0 bridgehead atoms. The summed E-state index contributed by atoms with van der Waals surface area (Å²) < 4.78 is 44.2. The summed E-state index contributed by atoms with van der Waals surface area (Å²) in [4.78, 5) is 8.26. The summed E-state index contributed by atoms with van der Waals surface area (Å²) in [5.41, 5.74) is 1.19. The second kappa shape index (κ2) is 9.93. The largest absolute Gasteiger partial charge is 0.493 e. The second-order valence-electron chi connectivity index (χ2n) is 6.88. The van der Waals surface area contributed by atoms with E-state index >= 15 is 0 Å². The Balaban J connectivity index is 1.54. The number of aromatic nitrogens is 2. The maximum absolute atomic E-state index is 12.8. The van der Waals surface area contributed by atoms with Gasteiger partial charge in [-0.3, -0.25) is 0 Å². The lowest BCUT2D eigenvalue weighted by molar-refractivity contribution is -0.140. The van der Waals surface area contributed by atoms with Crippen LogP contribution >= 0.6 is 11.3 Å². The summed E-state index contributed by atoms with van der Waals surface area (Å²) in [5.74, 6) is 1.54. The molecular weight excluding hydrogens is 411 g/mol. The van der Waals surface area contributed by atoms with Crippen molar-refractivity contribution in [1.29, 1.82) is 0 Å². The van der Waals surface area contributed by atoms with Gasteiger partial charge in [0.15, 0.2) is 5.69 Å². The highest BCUT2D eigenvalue weighted by Gasteiger charge is 2.34. The molecule has 30 heavy (non-hydrogen) atoms. The van der Waals surface area contributed by atoms with E-state index in [0.29, 0.717) is 24.5 Å². The molecule has 8 heteroatoms. The number of hydrogen-bond acceptors (Lipinski definition) is 5. The molecule has 1 unspecified atom stereocenters. The summed E-state index contributed by atoms with van der Waals surface area (Å²) in [6.45, 7) is 2.48. The maximum atomic E-state index is 12.8. The fourth-order valence-electron chi connectivity index (χ4n) is 3.05. The number of ether oxygens (including phenoxy) is 1. The fourth-order valence-corrected chi connectivity index (χ4v) is 4.06. The van der Waals surface area contributed by atoms with E-state index in [0.717, 1.165) is 46.0 Å². The van der Waals surface area contributed by atoms with E-state index in [4.69, 9.17) is 4.74 Å².